The molecule has 0 spiro atoms. The van der Waals surface area contributed by atoms with Gasteiger partial charge in [0.05, 0.1) is 17.4 Å². The van der Waals surface area contributed by atoms with Gasteiger partial charge < -0.3 is 9.72 Å². The molecule has 0 aliphatic rings. The van der Waals surface area contributed by atoms with Crippen LogP contribution < -0.4 is 10.4 Å². The van der Waals surface area contributed by atoms with Crippen LogP contribution in [0, 0.1) is 6.92 Å². The minimum atomic E-state index is -0.536. The van der Waals surface area contributed by atoms with Crippen LogP contribution in [0.2, 0.25) is 0 Å². The number of thioether (sulfide) groups is 1. The highest BCUT2D eigenvalue weighted by Gasteiger charge is 2.22. The van der Waals surface area contributed by atoms with Crippen molar-refractivity contribution in [1.82, 2.24) is 9.97 Å². The highest BCUT2D eigenvalue weighted by molar-refractivity contribution is 8.00. The Balaban J connectivity index is 2.24. The minimum Gasteiger partial charge on any atom is -0.494 e. The topological polar surface area (TPSA) is 89.1 Å². The van der Waals surface area contributed by atoms with Crippen LogP contribution >= 0.6 is 11.8 Å². The van der Waals surface area contributed by atoms with Gasteiger partial charge in [-0.2, -0.15) is 4.98 Å². The third-order valence-corrected chi connectivity index (χ3v) is 4.63. The quantitative estimate of drug-likeness (QED) is 0.464. The lowest BCUT2D eigenvalue weighted by Crippen LogP contribution is -2.20. The smallest absolute Gasteiger partial charge is 0.346 e. The molecule has 1 atom stereocenters. The Hall–Kier alpha value is -2.41. The molecule has 1 heterocycles. The maximum atomic E-state index is 12.6. The monoisotopic (exact) mass is 360 g/mol. The molecule has 2 aromatic rings. The predicted molar refractivity (Wildman–Crippen MR) is 96.9 cm³/mol. The van der Waals surface area contributed by atoms with Crippen molar-refractivity contribution in [3.8, 4) is 5.75 Å². The van der Waals surface area contributed by atoms with E-state index in [4.69, 9.17) is 4.74 Å². The zero-order valence-corrected chi connectivity index (χ0v) is 15.4. The first kappa shape index (κ1) is 18.9. The first-order valence-corrected chi connectivity index (χ1v) is 8.77. The number of Topliss-reactive ketones (excluding diaryl/α,β-unsaturated/α-hetero) is 2. The van der Waals surface area contributed by atoms with Gasteiger partial charge in [-0.25, -0.2) is 4.79 Å². The van der Waals surface area contributed by atoms with E-state index >= 15 is 0 Å². The molecule has 0 saturated heterocycles. The number of hydrogen-bond acceptors (Lipinski definition) is 6. The van der Waals surface area contributed by atoms with E-state index in [0.717, 1.165) is 11.8 Å². The molecule has 1 N–H and O–H groups in total. The van der Waals surface area contributed by atoms with E-state index in [1.165, 1.54) is 6.92 Å². The Morgan fingerprint density at radius 3 is 2.48 bits per heavy atom. The summed E-state index contributed by atoms with van der Waals surface area (Å²) >= 11 is 1.11. The summed E-state index contributed by atoms with van der Waals surface area (Å²) in [5.41, 5.74) is 0.798. The first-order chi connectivity index (χ1) is 11.8. The van der Waals surface area contributed by atoms with Gasteiger partial charge in [0.15, 0.2) is 11.6 Å². The molecule has 25 heavy (non-hydrogen) atoms. The number of aromatic nitrogens is 2. The van der Waals surface area contributed by atoms with Crippen LogP contribution in [0.25, 0.3) is 0 Å². The van der Waals surface area contributed by atoms with Crippen molar-refractivity contribution in [1.29, 1.82) is 0 Å². The van der Waals surface area contributed by atoms with Gasteiger partial charge in [-0.3, -0.25) is 9.59 Å². The van der Waals surface area contributed by atoms with Crippen LogP contribution in [0.4, 0.5) is 0 Å². The third-order valence-electron chi connectivity index (χ3n) is 3.55. The number of H-pyrrole nitrogens is 1. The van der Waals surface area contributed by atoms with Crippen LogP contribution in [-0.4, -0.2) is 33.4 Å². The molecule has 7 heteroatoms. The lowest BCUT2D eigenvalue weighted by molar-refractivity contribution is 0.0988. The van der Waals surface area contributed by atoms with Crippen LogP contribution in [0.1, 0.15) is 47.2 Å². The largest absolute Gasteiger partial charge is 0.494 e. The summed E-state index contributed by atoms with van der Waals surface area (Å²) in [4.78, 5) is 42.5. The van der Waals surface area contributed by atoms with Crippen molar-refractivity contribution in [3.63, 3.8) is 0 Å². The number of ether oxygens (including phenoxy) is 1. The van der Waals surface area contributed by atoms with Gasteiger partial charge in [0.2, 0.25) is 0 Å². The molecule has 0 aliphatic heterocycles. The van der Waals surface area contributed by atoms with Crippen molar-refractivity contribution in [2.24, 2.45) is 0 Å². The third kappa shape index (κ3) is 4.57. The lowest BCUT2D eigenvalue weighted by atomic mass is 10.1. The second kappa shape index (κ2) is 8.11. The zero-order valence-electron chi connectivity index (χ0n) is 14.6. The van der Waals surface area contributed by atoms with E-state index in [-0.39, 0.29) is 16.6 Å². The SMILES string of the molecule is CCOc1ccc(C(=O)[C@H](C)Sc2nc(=O)[nH]c(C)c2C(C)=O)cc1. The van der Waals surface area contributed by atoms with Crippen molar-refractivity contribution in [2.45, 2.75) is 38.0 Å². The molecular weight excluding hydrogens is 340 g/mol. The number of benzene rings is 1. The summed E-state index contributed by atoms with van der Waals surface area (Å²) in [6.07, 6.45) is 0. The van der Waals surface area contributed by atoms with Crippen LogP contribution in [-0.2, 0) is 0 Å². The molecule has 2 rings (SSSR count). The molecule has 0 aliphatic carbocycles. The molecule has 132 valence electrons. The minimum absolute atomic E-state index is 0.109. The number of carbonyl (C=O) groups is 2. The van der Waals surface area contributed by atoms with Crippen LogP contribution in [0.5, 0.6) is 5.75 Å². The molecule has 0 amide bonds. The fraction of sp³-hybridized carbons (Fsp3) is 0.333. The van der Waals surface area contributed by atoms with E-state index in [1.54, 1.807) is 38.1 Å². The van der Waals surface area contributed by atoms with E-state index in [2.05, 4.69) is 9.97 Å². The predicted octanol–water partition coefficient (Wildman–Crippen LogP) is 3.04. The Labute approximate surface area is 150 Å². The van der Waals surface area contributed by atoms with E-state index < -0.39 is 10.9 Å². The van der Waals surface area contributed by atoms with Crippen molar-refractivity contribution < 1.29 is 14.3 Å². The first-order valence-electron chi connectivity index (χ1n) is 7.89. The number of nitrogens with one attached hydrogen (secondary N) is 1. The van der Waals surface area contributed by atoms with Gasteiger partial charge in [0.25, 0.3) is 0 Å². The van der Waals surface area contributed by atoms with E-state index in [9.17, 15) is 14.4 Å². The second-order valence-corrected chi connectivity index (χ2v) is 6.81. The molecule has 6 nitrogen and oxygen atoms in total. The van der Waals surface area contributed by atoms with Crippen LogP contribution in [0.3, 0.4) is 0 Å². The number of rotatable bonds is 7. The van der Waals surface area contributed by atoms with E-state index in [1.807, 2.05) is 6.92 Å². The maximum Gasteiger partial charge on any atom is 0.346 e. The zero-order chi connectivity index (χ0) is 18.6. The Bertz CT molecular complexity index is 843. The number of ketones is 2. The normalized spacial score (nSPS) is 11.8. The molecule has 0 bridgehead atoms. The Morgan fingerprint density at radius 1 is 1.28 bits per heavy atom. The fourth-order valence-electron chi connectivity index (χ4n) is 2.40. The average Bonchev–Trinajstić information content (AvgIpc) is 2.54. The standard InChI is InChI=1S/C18H20N2O4S/c1-5-24-14-8-6-13(7-9-14)16(22)12(4)25-17-15(11(3)21)10(2)19-18(23)20-17/h6-9,12H,5H2,1-4H3,(H,19,20,23)/t12-/m0/s1. The highest BCUT2D eigenvalue weighted by atomic mass is 32.2. The van der Waals surface area contributed by atoms with Gasteiger partial charge in [-0.15, -0.1) is 0 Å². The van der Waals surface area contributed by atoms with Crippen molar-refractivity contribution in [2.75, 3.05) is 6.61 Å². The fourth-order valence-corrected chi connectivity index (χ4v) is 3.53. The molecule has 0 unspecified atom stereocenters. The molecular formula is C18H20N2O4S. The van der Waals surface area contributed by atoms with Crippen molar-refractivity contribution in [3.05, 3.63) is 51.6 Å². The summed E-state index contributed by atoms with van der Waals surface area (Å²) in [5, 5.41) is -0.217. The van der Waals surface area contributed by atoms with Gasteiger partial charge in [0.1, 0.15) is 10.8 Å². The number of aryl methyl sites for hydroxylation is 1. The highest BCUT2D eigenvalue weighted by Crippen LogP contribution is 2.28. The Morgan fingerprint density at radius 2 is 1.92 bits per heavy atom. The summed E-state index contributed by atoms with van der Waals surface area (Å²) in [7, 11) is 0. The molecule has 0 saturated carbocycles. The summed E-state index contributed by atoms with van der Waals surface area (Å²) in [6.45, 7) is 7.22. The van der Waals surface area contributed by atoms with E-state index in [0.29, 0.717) is 29.2 Å². The summed E-state index contributed by atoms with van der Waals surface area (Å²) < 4.78 is 5.36. The molecule has 1 aromatic carbocycles. The van der Waals surface area contributed by atoms with Gasteiger partial charge >= 0.3 is 5.69 Å². The molecule has 1 aromatic heterocycles. The summed E-state index contributed by atoms with van der Waals surface area (Å²) in [6, 6.07) is 6.88. The number of carbonyl (C=O) groups excluding carboxylic acids is 2. The molecule has 0 radical (unpaired) electrons. The van der Waals surface area contributed by atoms with Crippen molar-refractivity contribution >= 4 is 23.3 Å². The van der Waals surface area contributed by atoms with Gasteiger partial charge in [-0.1, -0.05) is 11.8 Å². The van der Waals surface area contributed by atoms with Gasteiger partial charge in [0, 0.05) is 11.3 Å². The van der Waals surface area contributed by atoms with Gasteiger partial charge in [-0.05, 0) is 52.0 Å². The molecule has 0 fully saturated rings. The second-order valence-electron chi connectivity index (χ2n) is 5.49. The number of nitrogens with zero attached hydrogens (tertiary/aromatic N) is 1. The lowest BCUT2D eigenvalue weighted by Gasteiger charge is -2.13. The Kier molecular flexibility index (Phi) is 6.14. The maximum absolute atomic E-state index is 12.6. The van der Waals surface area contributed by atoms with Crippen LogP contribution in [0.15, 0.2) is 34.1 Å². The number of aromatic amines is 1. The summed E-state index contributed by atoms with van der Waals surface area (Å²) in [5.74, 6) is 0.386. The number of hydrogen-bond donors (Lipinski definition) is 1. The average molecular weight is 360 g/mol.